The van der Waals surface area contributed by atoms with E-state index in [1.165, 1.54) is 6.07 Å². The Kier molecular flexibility index (Phi) is 3.02. The van der Waals surface area contributed by atoms with E-state index in [1.807, 2.05) is 27.7 Å². The third-order valence-electron chi connectivity index (χ3n) is 3.57. The van der Waals surface area contributed by atoms with Crippen LogP contribution in [0.4, 0.5) is 5.69 Å². The molecular formula is C11H15BN2O5. The van der Waals surface area contributed by atoms with Crippen molar-refractivity contribution in [3.05, 3.63) is 32.6 Å². The number of rotatable bonds is 2. The van der Waals surface area contributed by atoms with Gasteiger partial charge in [0.2, 0.25) is 0 Å². The van der Waals surface area contributed by atoms with Crippen LogP contribution in [0.1, 0.15) is 27.7 Å². The van der Waals surface area contributed by atoms with E-state index in [9.17, 15) is 14.9 Å². The molecule has 1 aliphatic heterocycles. The Hall–Kier alpha value is -1.67. The molecule has 102 valence electrons. The summed E-state index contributed by atoms with van der Waals surface area (Å²) in [4.78, 5) is 24.1. The van der Waals surface area contributed by atoms with E-state index in [0.717, 1.165) is 6.07 Å². The summed E-state index contributed by atoms with van der Waals surface area (Å²) in [5.41, 5.74) is -1.73. The third kappa shape index (κ3) is 2.41. The highest BCUT2D eigenvalue weighted by Gasteiger charge is 2.52. The van der Waals surface area contributed by atoms with Gasteiger partial charge >= 0.3 is 7.12 Å². The quantitative estimate of drug-likeness (QED) is 0.480. The van der Waals surface area contributed by atoms with Crippen molar-refractivity contribution in [3.63, 3.8) is 0 Å². The van der Waals surface area contributed by atoms with Crippen molar-refractivity contribution in [3.8, 4) is 0 Å². The number of H-pyrrole nitrogens is 1. The van der Waals surface area contributed by atoms with E-state index in [0.29, 0.717) is 0 Å². The first kappa shape index (κ1) is 13.8. The van der Waals surface area contributed by atoms with Gasteiger partial charge in [-0.05, 0) is 27.7 Å². The molecule has 1 aromatic rings. The fourth-order valence-electron chi connectivity index (χ4n) is 1.75. The second kappa shape index (κ2) is 4.17. The maximum Gasteiger partial charge on any atom is 0.512 e. The van der Waals surface area contributed by atoms with Gasteiger partial charge in [0.15, 0.2) is 0 Å². The zero-order chi connectivity index (χ0) is 14.4. The molecular weight excluding hydrogens is 251 g/mol. The smallest absolute Gasteiger partial charge is 0.398 e. The first-order chi connectivity index (χ1) is 8.62. The minimum atomic E-state index is -0.822. The van der Waals surface area contributed by atoms with E-state index < -0.39 is 28.8 Å². The van der Waals surface area contributed by atoms with Crippen LogP contribution in [0.15, 0.2) is 16.9 Å². The summed E-state index contributed by atoms with van der Waals surface area (Å²) >= 11 is 0. The predicted molar refractivity (Wildman–Crippen MR) is 69.4 cm³/mol. The average molecular weight is 266 g/mol. The number of pyridine rings is 1. The molecule has 0 aromatic carbocycles. The van der Waals surface area contributed by atoms with Crippen molar-refractivity contribution in [2.45, 2.75) is 38.9 Å². The highest BCUT2D eigenvalue weighted by molar-refractivity contribution is 6.61. The highest BCUT2D eigenvalue weighted by atomic mass is 16.7. The fourth-order valence-corrected chi connectivity index (χ4v) is 1.75. The van der Waals surface area contributed by atoms with Gasteiger partial charge in [-0.25, -0.2) is 0 Å². The number of nitro groups is 1. The third-order valence-corrected chi connectivity index (χ3v) is 3.57. The van der Waals surface area contributed by atoms with Crippen LogP contribution in [0.5, 0.6) is 0 Å². The lowest BCUT2D eigenvalue weighted by Gasteiger charge is -2.32. The molecule has 1 aliphatic rings. The van der Waals surface area contributed by atoms with Crippen LogP contribution in [0.25, 0.3) is 0 Å². The van der Waals surface area contributed by atoms with Crippen molar-refractivity contribution < 1.29 is 14.2 Å². The van der Waals surface area contributed by atoms with Gasteiger partial charge in [0, 0.05) is 6.07 Å². The van der Waals surface area contributed by atoms with Crippen molar-refractivity contribution in [2.24, 2.45) is 0 Å². The Labute approximate surface area is 110 Å². The first-order valence-electron chi connectivity index (χ1n) is 5.87. The molecule has 2 heterocycles. The first-order valence-corrected chi connectivity index (χ1v) is 5.87. The lowest BCUT2D eigenvalue weighted by atomic mass is 9.84. The molecule has 8 heteroatoms. The van der Waals surface area contributed by atoms with Crippen LogP contribution >= 0.6 is 0 Å². The molecule has 0 saturated carbocycles. The Bertz CT molecular complexity index is 565. The van der Waals surface area contributed by atoms with E-state index in [1.54, 1.807) is 0 Å². The second-order valence-corrected chi connectivity index (χ2v) is 5.50. The van der Waals surface area contributed by atoms with Crippen LogP contribution in [0.2, 0.25) is 0 Å². The summed E-state index contributed by atoms with van der Waals surface area (Å²) < 4.78 is 11.4. The van der Waals surface area contributed by atoms with Gasteiger partial charge in [0.25, 0.3) is 11.2 Å². The molecule has 1 aromatic heterocycles. The number of hydrogen-bond donors (Lipinski definition) is 1. The summed E-state index contributed by atoms with van der Waals surface area (Å²) in [7, 11) is -0.822. The van der Waals surface area contributed by atoms with Crippen molar-refractivity contribution in [1.29, 1.82) is 0 Å². The van der Waals surface area contributed by atoms with Gasteiger partial charge in [-0.1, -0.05) is 0 Å². The molecule has 0 unspecified atom stereocenters. The standard InChI is InChI=1S/C11H15BN2O5/c1-10(2)11(3,4)19-12(18-10)8-5-7(14(16)17)6-9(15)13-8/h5-6H,1-4H3,(H,13,15). The molecule has 0 atom stereocenters. The average Bonchev–Trinajstić information content (AvgIpc) is 2.47. The van der Waals surface area contributed by atoms with Crippen molar-refractivity contribution in [1.82, 2.24) is 4.98 Å². The van der Waals surface area contributed by atoms with E-state index in [-0.39, 0.29) is 11.3 Å². The zero-order valence-corrected chi connectivity index (χ0v) is 11.2. The summed E-state index contributed by atoms with van der Waals surface area (Å²) in [5.74, 6) is 0. The number of nitrogens with one attached hydrogen (secondary N) is 1. The maximum atomic E-state index is 11.4. The van der Waals surface area contributed by atoms with Gasteiger partial charge in [-0.3, -0.25) is 14.9 Å². The van der Waals surface area contributed by atoms with Crippen LogP contribution in [0, 0.1) is 10.1 Å². The Morgan fingerprint density at radius 1 is 1.21 bits per heavy atom. The van der Waals surface area contributed by atoms with Crippen LogP contribution < -0.4 is 11.2 Å². The normalized spacial score (nSPS) is 20.5. The zero-order valence-electron chi connectivity index (χ0n) is 11.2. The van der Waals surface area contributed by atoms with E-state index in [4.69, 9.17) is 9.31 Å². The van der Waals surface area contributed by atoms with Crippen molar-refractivity contribution >= 4 is 18.4 Å². The molecule has 7 nitrogen and oxygen atoms in total. The number of nitrogens with zero attached hydrogens (tertiary/aromatic N) is 1. The molecule has 1 saturated heterocycles. The maximum absolute atomic E-state index is 11.4. The van der Waals surface area contributed by atoms with E-state index >= 15 is 0 Å². The van der Waals surface area contributed by atoms with Gasteiger partial charge in [-0.2, -0.15) is 0 Å². The Morgan fingerprint density at radius 2 is 1.74 bits per heavy atom. The Morgan fingerprint density at radius 3 is 2.21 bits per heavy atom. The SMILES string of the molecule is CC1(C)OB(c2cc([N+](=O)[O-])cc(=O)[nH]2)OC1(C)C. The molecule has 19 heavy (non-hydrogen) atoms. The van der Waals surface area contributed by atoms with Crippen LogP contribution in [-0.4, -0.2) is 28.2 Å². The van der Waals surface area contributed by atoms with Gasteiger partial charge < -0.3 is 14.3 Å². The van der Waals surface area contributed by atoms with E-state index in [2.05, 4.69) is 4.98 Å². The fraction of sp³-hybridized carbons (Fsp3) is 0.545. The van der Waals surface area contributed by atoms with Gasteiger partial charge in [-0.15, -0.1) is 0 Å². The summed E-state index contributed by atoms with van der Waals surface area (Å²) in [6.07, 6.45) is 0. The largest absolute Gasteiger partial charge is 0.512 e. The molecule has 1 fully saturated rings. The summed E-state index contributed by atoms with van der Waals surface area (Å²) in [6, 6.07) is 2.18. The molecule has 1 N–H and O–H groups in total. The molecule has 2 rings (SSSR count). The highest BCUT2D eigenvalue weighted by Crippen LogP contribution is 2.36. The Balaban J connectivity index is 2.40. The molecule has 0 amide bonds. The molecule has 0 spiro atoms. The van der Waals surface area contributed by atoms with Crippen LogP contribution in [0.3, 0.4) is 0 Å². The predicted octanol–water partition coefficient (Wildman–Crippen LogP) is 0.582. The summed E-state index contributed by atoms with van der Waals surface area (Å²) in [5, 5.41) is 10.7. The number of hydrogen-bond acceptors (Lipinski definition) is 5. The number of aromatic amines is 1. The van der Waals surface area contributed by atoms with Gasteiger partial charge in [0.1, 0.15) is 0 Å². The monoisotopic (exact) mass is 266 g/mol. The molecule has 0 radical (unpaired) electrons. The number of aromatic nitrogens is 1. The van der Waals surface area contributed by atoms with Crippen molar-refractivity contribution in [2.75, 3.05) is 0 Å². The van der Waals surface area contributed by atoms with Gasteiger partial charge in [0.05, 0.1) is 27.8 Å². The summed E-state index contributed by atoms with van der Waals surface area (Å²) in [6.45, 7) is 7.45. The minimum Gasteiger partial charge on any atom is -0.398 e. The lowest BCUT2D eigenvalue weighted by molar-refractivity contribution is -0.384. The minimum absolute atomic E-state index is 0.248. The molecule has 0 bridgehead atoms. The topological polar surface area (TPSA) is 94.5 Å². The molecule has 0 aliphatic carbocycles. The lowest BCUT2D eigenvalue weighted by Crippen LogP contribution is -2.41. The van der Waals surface area contributed by atoms with Crippen LogP contribution in [-0.2, 0) is 9.31 Å². The second-order valence-electron chi connectivity index (χ2n) is 5.50.